The van der Waals surface area contributed by atoms with E-state index in [9.17, 15) is 0 Å². The lowest BCUT2D eigenvalue weighted by molar-refractivity contribution is 0.523. The van der Waals surface area contributed by atoms with Crippen molar-refractivity contribution in [2.45, 2.75) is 41.2 Å². The number of aromatic amines is 1. The lowest BCUT2D eigenvalue weighted by Gasteiger charge is -2.24. The van der Waals surface area contributed by atoms with Gasteiger partial charge in [0, 0.05) is 38.0 Å². The fourth-order valence-corrected chi connectivity index (χ4v) is 5.36. The summed E-state index contributed by atoms with van der Waals surface area (Å²) in [6.45, 7) is 0. The average Bonchev–Trinajstić information content (AvgIpc) is 3.18. The van der Waals surface area contributed by atoms with Gasteiger partial charge in [0.1, 0.15) is 5.65 Å². The molecule has 1 N–H and O–H groups in total. The normalized spacial score (nSPS) is 22.2. The third kappa shape index (κ3) is 2.80. The molecule has 0 atom stereocenters. The van der Waals surface area contributed by atoms with Gasteiger partial charge in [-0.3, -0.25) is 0 Å². The molecule has 0 bridgehead atoms. The predicted molar refractivity (Wildman–Crippen MR) is 97.2 cm³/mol. The van der Waals surface area contributed by atoms with E-state index in [1.807, 2.05) is 24.0 Å². The van der Waals surface area contributed by atoms with Gasteiger partial charge in [0.25, 0.3) is 0 Å². The molecule has 0 aliphatic heterocycles. The predicted octanol–water partition coefficient (Wildman–Crippen LogP) is 5.93. The molecule has 5 heteroatoms. The van der Waals surface area contributed by atoms with Gasteiger partial charge in [-0.15, -0.1) is 23.4 Å². The summed E-state index contributed by atoms with van der Waals surface area (Å²) in [4.78, 5) is 9.35. The first-order chi connectivity index (χ1) is 10.8. The number of aromatic nitrogens is 2. The third-order valence-electron chi connectivity index (χ3n) is 4.22. The molecule has 22 heavy (non-hydrogen) atoms. The SMILES string of the molecule is ClC1CCC(Sc2c(-c3ccsc3)[nH]c3ncccc23)CC1. The molecule has 114 valence electrons. The number of hydrogen-bond donors (Lipinski definition) is 1. The molecule has 0 amide bonds. The molecule has 0 aromatic carbocycles. The second kappa shape index (κ2) is 6.26. The van der Waals surface area contributed by atoms with Gasteiger partial charge < -0.3 is 4.98 Å². The minimum absolute atomic E-state index is 0.373. The van der Waals surface area contributed by atoms with Crippen LogP contribution in [0.3, 0.4) is 0 Å². The Morgan fingerprint density at radius 3 is 2.86 bits per heavy atom. The summed E-state index contributed by atoms with van der Waals surface area (Å²) in [6, 6.07) is 6.37. The quantitative estimate of drug-likeness (QED) is 0.594. The minimum Gasteiger partial charge on any atom is -0.338 e. The third-order valence-corrected chi connectivity index (χ3v) is 6.81. The van der Waals surface area contributed by atoms with Crippen LogP contribution < -0.4 is 0 Å². The molecule has 3 heterocycles. The fourth-order valence-electron chi connectivity index (χ4n) is 3.04. The van der Waals surface area contributed by atoms with E-state index in [0.29, 0.717) is 10.6 Å². The first-order valence-corrected chi connectivity index (χ1v) is 9.87. The Kier molecular flexibility index (Phi) is 4.16. The second-order valence-corrected chi connectivity index (χ2v) is 8.44. The van der Waals surface area contributed by atoms with E-state index < -0.39 is 0 Å². The van der Waals surface area contributed by atoms with Gasteiger partial charge >= 0.3 is 0 Å². The zero-order valence-electron chi connectivity index (χ0n) is 12.1. The van der Waals surface area contributed by atoms with Crippen molar-refractivity contribution in [3.05, 3.63) is 35.2 Å². The van der Waals surface area contributed by atoms with Gasteiger partial charge in [-0.05, 0) is 49.3 Å². The van der Waals surface area contributed by atoms with Crippen LogP contribution in [-0.2, 0) is 0 Å². The Morgan fingerprint density at radius 1 is 1.23 bits per heavy atom. The van der Waals surface area contributed by atoms with Gasteiger partial charge in [0.05, 0.1) is 5.69 Å². The van der Waals surface area contributed by atoms with Gasteiger partial charge in [0.2, 0.25) is 0 Å². The van der Waals surface area contributed by atoms with Gasteiger partial charge in [-0.1, -0.05) is 0 Å². The molecule has 0 radical (unpaired) electrons. The van der Waals surface area contributed by atoms with Gasteiger partial charge in [-0.2, -0.15) is 11.3 Å². The number of rotatable bonds is 3. The Labute approximate surface area is 143 Å². The number of fused-ring (bicyclic) bond motifs is 1. The van der Waals surface area contributed by atoms with Crippen LogP contribution in [0.25, 0.3) is 22.3 Å². The Morgan fingerprint density at radius 2 is 2.09 bits per heavy atom. The highest BCUT2D eigenvalue weighted by Gasteiger charge is 2.23. The standard InChI is InChI=1S/C17H17ClN2S2/c18-12-3-5-13(6-4-12)22-16-14-2-1-8-19-17(14)20-15(16)11-7-9-21-10-11/h1-2,7-10,12-13H,3-6H2,(H,19,20). The molecule has 3 aromatic heterocycles. The molecule has 0 unspecified atom stereocenters. The summed E-state index contributed by atoms with van der Waals surface area (Å²) in [6.07, 6.45) is 6.52. The van der Waals surface area contributed by atoms with Gasteiger partial charge in [0.15, 0.2) is 0 Å². The zero-order valence-corrected chi connectivity index (χ0v) is 14.5. The van der Waals surface area contributed by atoms with Crippen LogP contribution in [0, 0.1) is 0 Å². The van der Waals surface area contributed by atoms with E-state index in [4.69, 9.17) is 11.6 Å². The highest BCUT2D eigenvalue weighted by molar-refractivity contribution is 8.00. The zero-order chi connectivity index (χ0) is 14.9. The van der Waals surface area contributed by atoms with Crippen molar-refractivity contribution in [2.24, 2.45) is 0 Å². The van der Waals surface area contributed by atoms with E-state index in [0.717, 1.165) is 18.5 Å². The molecule has 1 aliphatic rings. The number of thioether (sulfide) groups is 1. The van der Waals surface area contributed by atoms with Crippen LogP contribution in [-0.4, -0.2) is 20.6 Å². The Hall–Kier alpha value is -0.970. The van der Waals surface area contributed by atoms with E-state index in [1.165, 1.54) is 34.4 Å². The molecule has 1 saturated carbocycles. The topological polar surface area (TPSA) is 28.7 Å². The summed E-state index contributed by atoms with van der Waals surface area (Å²) in [7, 11) is 0. The molecular weight excluding hydrogens is 332 g/mol. The van der Waals surface area contributed by atoms with Crippen molar-refractivity contribution in [2.75, 3.05) is 0 Å². The monoisotopic (exact) mass is 348 g/mol. The molecule has 0 spiro atoms. The summed E-state index contributed by atoms with van der Waals surface area (Å²) >= 11 is 9.98. The van der Waals surface area contributed by atoms with Crippen molar-refractivity contribution in [3.8, 4) is 11.3 Å². The number of H-pyrrole nitrogens is 1. The van der Waals surface area contributed by atoms with E-state index >= 15 is 0 Å². The van der Waals surface area contributed by atoms with Gasteiger partial charge in [-0.25, -0.2) is 4.98 Å². The minimum atomic E-state index is 0.373. The number of thiophene rings is 1. The molecule has 2 nitrogen and oxygen atoms in total. The van der Waals surface area contributed by atoms with Crippen molar-refractivity contribution in [3.63, 3.8) is 0 Å². The largest absolute Gasteiger partial charge is 0.338 e. The molecule has 0 saturated heterocycles. The average molecular weight is 349 g/mol. The summed E-state index contributed by atoms with van der Waals surface area (Å²) in [5.41, 5.74) is 3.46. The maximum Gasteiger partial charge on any atom is 0.138 e. The smallest absolute Gasteiger partial charge is 0.138 e. The summed E-state index contributed by atoms with van der Waals surface area (Å²) in [5.74, 6) is 0. The highest BCUT2D eigenvalue weighted by atomic mass is 35.5. The number of pyridine rings is 1. The maximum atomic E-state index is 6.25. The van der Waals surface area contributed by atoms with Crippen LogP contribution in [0.15, 0.2) is 40.1 Å². The maximum absolute atomic E-state index is 6.25. The molecular formula is C17H17ClN2S2. The first kappa shape index (κ1) is 14.6. The number of nitrogens with zero attached hydrogens (tertiary/aromatic N) is 1. The molecule has 1 aliphatic carbocycles. The van der Waals surface area contributed by atoms with Crippen molar-refractivity contribution >= 4 is 45.7 Å². The van der Waals surface area contributed by atoms with E-state index in [-0.39, 0.29) is 0 Å². The van der Waals surface area contributed by atoms with Crippen molar-refractivity contribution < 1.29 is 0 Å². The second-order valence-electron chi connectivity index (χ2n) is 5.73. The highest BCUT2D eigenvalue weighted by Crippen LogP contribution is 2.43. The summed E-state index contributed by atoms with van der Waals surface area (Å²) < 4.78 is 0. The van der Waals surface area contributed by atoms with Crippen LogP contribution in [0.1, 0.15) is 25.7 Å². The van der Waals surface area contributed by atoms with Crippen LogP contribution in [0.4, 0.5) is 0 Å². The van der Waals surface area contributed by atoms with Crippen LogP contribution in [0.5, 0.6) is 0 Å². The van der Waals surface area contributed by atoms with Crippen LogP contribution >= 0.6 is 34.7 Å². The molecule has 1 fully saturated rings. The first-order valence-electron chi connectivity index (χ1n) is 7.61. The van der Waals surface area contributed by atoms with Crippen molar-refractivity contribution in [1.29, 1.82) is 0 Å². The Bertz CT molecular complexity index is 758. The van der Waals surface area contributed by atoms with Crippen LogP contribution in [0.2, 0.25) is 0 Å². The lowest BCUT2D eigenvalue weighted by Crippen LogP contribution is -2.15. The number of hydrogen-bond acceptors (Lipinski definition) is 3. The summed E-state index contributed by atoms with van der Waals surface area (Å²) in [5, 5.41) is 6.59. The number of alkyl halides is 1. The van der Waals surface area contributed by atoms with Crippen molar-refractivity contribution in [1.82, 2.24) is 9.97 Å². The number of nitrogens with one attached hydrogen (secondary N) is 1. The number of halogens is 1. The lowest BCUT2D eigenvalue weighted by atomic mass is 10.00. The van der Waals surface area contributed by atoms with E-state index in [1.54, 1.807) is 11.3 Å². The molecule has 3 aromatic rings. The molecule has 4 rings (SSSR count). The Balaban J connectivity index is 1.73. The van der Waals surface area contributed by atoms with E-state index in [2.05, 4.69) is 32.9 Å². The fraction of sp³-hybridized carbons (Fsp3) is 0.353.